The maximum atomic E-state index is 6.32. The molecule has 0 atom stereocenters. The van der Waals surface area contributed by atoms with E-state index in [2.05, 4.69) is 108 Å². The minimum absolute atomic E-state index is 0.900. The maximum absolute atomic E-state index is 6.32. The van der Waals surface area contributed by atoms with Gasteiger partial charge in [0.15, 0.2) is 0 Å². The number of benzene rings is 6. The monoisotopic (exact) mass is 499 g/mol. The Kier molecular flexibility index (Phi) is 4.05. The smallest absolute Gasteiger partial charge is 0.137 e. The lowest BCUT2D eigenvalue weighted by Crippen LogP contribution is -1.97. The molecule has 0 N–H and O–H groups in total. The van der Waals surface area contributed by atoms with Crippen LogP contribution in [0, 0.1) is 0 Å². The fraction of sp³-hybridized carbons (Fsp3) is 0. The van der Waals surface area contributed by atoms with E-state index in [-0.39, 0.29) is 0 Å². The van der Waals surface area contributed by atoms with Crippen molar-refractivity contribution in [1.29, 1.82) is 0 Å². The standard InChI is InChI=1S/C36H21NO2/c1-5-13-29(23(9-1)22-17-19-33-28(21-22)25-11-3-7-15-31(25)38-33)37-30-14-6-2-10-24(30)26-18-20-34-35(36(26)37)27-12-4-8-16-32(27)39-34/h1-21H. The van der Waals surface area contributed by atoms with Crippen LogP contribution in [0.15, 0.2) is 136 Å². The third-order valence-corrected chi connectivity index (χ3v) is 8.01. The van der Waals surface area contributed by atoms with Crippen molar-refractivity contribution in [1.82, 2.24) is 4.57 Å². The highest BCUT2D eigenvalue weighted by atomic mass is 16.3. The largest absolute Gasteiger partial charge is 0.456 e. The first-order chi connectivity index (χ1) is 19.3. The van der Waals surface area contributed by atoms with Gasteiger partial charge < -0.3 is 13.4 Å². The Hall–Kier alpha value is -5.28. The molecule has 9 rings (SSSR count). The first-order valence-corrected chi connectivity index (χ1v) is 13.2. The second-order valence-electron chi connectivity index (χ2n) is 10.1. The minimum atomic E-state index is 0.900. The molecular weight excluding hydrogens is 478 g/mol. The van der Waals surface area contributed by atoms with Crippen LogP contribution >= 0.6 is 0 Å². The van der Waals surface area contributed by atoms with Gasteiger partial charge in [0.1, 0.15) is 22.3 Å². The molecule has 0 saturated carbocycles. The van der Waals surface area contributed by atoms with E-state index in [4.69, 9.17) is 8.83 Å². The summed E-state index contributed by atoms with van der Waals surface area (Å²) in [7, 11) is 0. The Bertz CT molecular complexity index is 2400. The number of hydrogen-bond donors (Lipinski definition) is 0. The minimum Gasteiger partial charge on any atom is -0.456 e. The number of aromatic nitrogens is 1. The van der Waals surface area contributed by atoms with Crippen LogP contribution in [-0.4, -0.2) is 4.57 Å². The van der Waals surface area contributed by atoms with Gasteiger partial charge in [0.2, 0.25) is 0 Å². The van der Waals surface area contributed by atoms with Crippen molar-refractivity contribution in [3.63, 3.8) is 0 Å². The van der Waals surface area contributed by atoms with E-state index in [1.807, 2.05) is 24.3 Å². The van der Waals surface area contributed by atoms with Crippen molar-refractivity contribution in [3.8, 4) is 16.8 Å². The molecule has 6 aromatic carbocycles. The predicted molar refractivity (Wildman–Crippen MR) is 161 cm³/mol. The molecule has 3 heteroatoms. The van der Waals surface area contributed by atoms with Gasteiger partial charge in [0.05, 0.1) is 22.1 Å². The van der Waals surface area contributed by atoms with Gasteiger partial charge in [0, 0.05) is 32.5 Å². The van der Waals surface area contributed by atoms with Crippen molar-refractivity contribution in [2.24, 2.45) is 0 Å². The van der Waals surface area contributed by atoms with Gasteiger partial charge in [-0.2, -0.15) is 0 Å². The molecule has 182 valence electrons. The topological polar surface area (TPSA) is 31.2 Å². The van der Waals surface area contributed by atoms with Crippen LogP contribution in [0.2, 0.25) is 0 Å². The van der Waals surface area contributed by atoms with Crippen molar-refractivity contribution in [2.45, 2.75) is 0 Å². The number of nitrogens with zero attached hydrogens (tertiary/aromatic N) is 1. The molecule has 0 bridgehead atoms. The van der Waals surface area contributed by atoms with Crippen molar-refractivity contribution in [2.75, 3.05) is 0 Å². The van der Waals surface area contributed by atoms with Crippen molar-refractivity contribution < 1.29 is 8.83 Å². The number of hydrogen-bond acceptors (Lipinski definition) is 2. The Morgan fingerprint density at radius 3 is 1.97 bits per heavy atom. The van der Waals surface area contributed by atoms with E-state index >= 15 is 0 Å². The molecule has 0 fully saturated rings. The Balaban J connectivity index is 1.42. The number of para-hydroxylation sites is 4. The SMILES string of the molecule is c1ccc(-n2c3ccccc3c3ccc4oc5ccccc5c4c32)c(-c2ccc3oc4ccccc4c3c2)c1. The fourth-order valence-electron chi connectivity index (χ4n) is 6.32. The van der Waals surface area contributed by atoms with E-state index in [0.717, 1.165) is 60.7 Å². The molecule has 0 radical (unpaired) electrons. The Morgan fingerprint density at radius 1 is 0.436 bits per heavy atom. The number of furan rings is 2. The normalized spacial score (nSPS) is 12.1. The summed E-state index contributed by atoms with van der Waals surface area (Å²) in [6.07, 6.45) is 0. The summed E-state index contributed by atoms with van der Waals surface area (Å²) in [5, 5.41) is 6.98. The van der Waals surface area contributed by atoms with Crippen molar-refractivity contribution in [3.05, 3.63) is 127 Å². The predicted octanol–water partition coefficient (Wildman–Crippen LogP) is 10.2. The van der Waals surface area contributed by atoms with Crippen LogP contribution in [-0.2, 0) is 0 Å². The molecule has 0 amide bonds. The molecule has 0 saturated heterocycles. The second-order valence-corrected chi connectivity index (χ2v) is 10.1. The number of rotatable bonds is 2. The zero-order chi connectivity index (χ0) is 25.5. The van der Waals surface area contributed by atoms with Gasteiger partial charge in [-0.3, -0.25) is 0 Å². The highest BCUT2D eigenvalue weighted by Crippen LogP contribution is 2.43. The Morgan fingerprint density at radius 2 is 1.08 bits per heavy atom. The van der Waals surface area contributed by atoms with E-state index < -0.39 is 0 Å². The molecule has 0 aliphatic carbocycles. The lowest BCUT2D eigenvalue weighted by Gasteiger charge is -2.14. The first-order valence-electron chi connectivity index (χ1n) is 13.2. The van der Waals surface area contributed by atoms with Gasteiger partial charge >= 0.3 is 0 Å². The summed E-state index contributed by atoms with van der Waals surface area (Å²) in [5.74, 6) is 0. The van der Waals surface area contributed by atoms with Crippen LogP contribution < -0.4 is 0 Å². The molecule has 39 heavy (non-hydrogen) atoms. The lowest BCUT2D eigenvalue weighted by molar-refractivity contribution is 0.668. The van der Waals surface area contributed by atoms with E-state index in [1.54, 1.807) is 0 Å². The van der Waals surface area contributed by atoms with Gasteiger partial charge in [-0.25, -0.2) is 0 Å². The summed E-state index contributed by atoms with van der Waals surface area (Å²) < 4.78 is 14.9. The van der Waals surface area contributed by atoms with E-state index in [1.165, 1.54) is 21.8 Å². The average Bonchev–Trinajstić information content (AvgIpc) is 3.66. The molecule has 9 aromatic rings. The van der Waals surface area contributed by atoms with Gasteiger partial charge in [0.25, 0.3) is 0 Å². The zero-order valence-electron chi connectivity index (χ0n) is 20.9. The highest BCUT2D eigenvalue weighted by Gasteiger charge is 2.20. The maximum Gasteiger partial charge on any atom is 0.137 e. The average molecular weight is 500 g/mol. The van der Waals surface area contributed by atoms with Gasteiger partial charge in [-0.05, 0) is 54.1 Å². The van der Waals surface area contributed by atoms with Crippen molar-refractivity contribution >= 4 is 65.7 Å². The zero-order valence-corrected chi connectivity index (χ0v) is 20.9. The summed E-state index contributed by atoms with van der Waals surface area (Å²) in [4.78, 5) is 0. The Labute approximate surface area is 223 Å². The number of fused-ring (bicyclic) bond motifs is 10. The molecule has 0 aliphatic rings. The fourth-order valence-corrected chi connectivity index (χ4v) is 6.32. The van der Waals surface area contributed by atoms with E-state index in [0.29, 0.717) is 0 Å². The van der Waals surface area contributed by atoms with Gasteiger partial charge in [-0.15, -0.1) is 0 Å². The molecule has 3 aromatic heterocycles. The molecule has 0 spiro atoms. The highest BCUT2D eigenvalue weighted by molar-refractivity contribution is 6.24. The van der Waals surface area contributed by atoms with E-state index in [9.17, 15) is 0 Å². The third kappa shape index (κ3) is 2.82. The second kappa shape index (κ2) is 7.62. The quantitative estimate of drug-likeness (QED) is 0.237. The summed E-state index contributed by atoms with van der Waals surface area (Å²) in [5.41, 5.74) is 9.41. The lowest BCUT2D eigenvalue weighted by atomic mass is 10.0. The summed E-state index contributed by atoms with van der Waals surface area (Å²) in [6, 6.07) is 44.7. The molecule has 3 heterocycles. The summed E-state index contributed by atoms with van der Waals surface area (Å²) >= 11 is 0. The van der Waals surface area contributed by atoms with Crippen LogP contribution in [0.3, 0.4) is 0 Å². The van der Waals surface area contributed by atoms with Crippen LogP contribution in [0.4, 0.5) is 0 Å². The molecule has 0 aliphatic heterocycles. The molecule has 0 unspecified atom stereocenters. The van der Waals surface area contributed by atoms with Crippen LogP contribution in [0.5, 0.6) is 0 Å². The molecular formula is C36H21NO2. The van der Waals surface area contributed by atoms with Crippen LogP contribution in [0.25, 0.3) is 82.5 Å². The molecule has 3 nitrogen and oxygen atoms in total. The first kappa shape index (κ1) is 20.7. The summed E-state index contributed by atoms with van der Waals surface area (Å²) in [6.45, 7) is 0. The third-order valence-electron chi connectivity index (χ3n) is 8.01. The van der Waals surface area contributed by atoms with Crippen LogP contribution in [0.1, 0.15) is 0 Å². The van der Waals surface area contributed by atoms with Gasteiger partial charge in [-0.1, -0.05) is 78.9 Å².